The highest BCUT2D eigenvalue weighted by Gasteiger charge is 2.09. The van der Waals surface area contributed by atoms with Crippen LogP contribution in [0.1, 0.15) is 0 Å². The molecule has 1 heterocycles. The molecule has 0 amide bonds. The van der Waals surface area contributed by atoms with Crippen molar-refractivity contribution in [2.45, 2.75) is 0 Å². The lowest BCUT2D eigenvalue weighted by atomic mass is 10.3. The zero-order valence-corrected chi connectivity index (χ0v) is 10.9. The molecule has 1 aromatic carbocycles. The molecule has 0 aliphatic rings. The van der Waals surface area contributed by atoms with Gasteiger partial charge in [-0.15, -0.1) is 0 Å². The molecule has 0 radical (unpaired) electrons. The molecule has 0 spiro atoms. The molecule has 0 aliphatic heterocycles. The summed E-state index contributed by atoms with van der Waals surface area (Å²) < 4.78 is 9.72. The number of hydrogen-bond donors (Lipinski definition) is 1. The van der Waals surface area contributed by atoms with Crippen LogP contribution in [0.2, 0.25) is 0 Å². The molecule has 6 nitrogen and oxygen atoms in total. The van der Waals surface area contributed by atoms with E-state index in [2.05, 4.69) is 15.2 Å². The molecule has 0 atom stereocenters. The summed E-state index contributed by atoms with van der Waals surface area (Å²) in [5, 5.41) is 0. The van der Waals surface area contributed by atoms with E-state index in [0.717, 1.165) is 5.69 Å². The molecule has 1 aromatic heterocycles. The number of nitrogens with zero attached hydrogens (tertiary/aromatic N) is 1. The zero-order valence-electron chi connectivity index (χ0n) is 10.9. The first-order valence-electron chi connectivity index (χ1n) is 5.92. The van der Waals surface area contributed by atoms with Gasteiger partial charge in [-0.3, -0.25) is 0 Å². The highest BCUT2D eigenvalue weighted by molar-refractivity contribution is 5.70. The normalized spacial score (nSPS) is 9.65. The number of esters is 1. The first-order chi connectivity index (χ1) is 9.79. The number of nitrogens with one attached hydrogen (secondary N) is 1. The van der Waals surface area contributed by atoms with E-state index < -0.39 is 5.97 Å². The molecule has 104 valence electrons. The highest BCUT2D eigenvalue weighted by Crippen LogP contribution is 2.23. The quantitative estimate of drug-likeness (QED) is 0.642. The summed E-state index contributed by atoms with van der Waals surface area (Å²) in [5.41, 5.74) is 3.55. The third-order valence-electron chi connectivity index (χ3n) is 2.34. The monoisotopic (exact) mass is 274 g/mol. The number of benzene rings is 1. The Bertz CT molecular complexity index is 560. The fourth-order valence-electron chi connectivity index (χ4n) is 1.37. The minimum absolute atomic E-state index is 0.210. The summed E-state index contributed by atoms with van der Waals surface area (Å²) in [7, 11) is 1.29. The van der Waals surface area contributed by atoms with Gasteiger partial charge in [-0.2, -0.15) is 0 Å². The number of hydrogen-bond acceptors (Lipinski definition) is 6. The molecule has 0 saturated heterocycles. The van der Waals surface area contributed by atoms with E-state index in [4.69, 9.17) is 9.57 Å². The van der Waals surface area contributed by atoms with Crippen LogP contribution in [0.15, 0.2) is 48.7 Å². The standard InChI is InChI=1S/C14H14N2O4/c1-18-13(17)10-19-14-12(8-5-9-15-14)20-16-11-6-3-2-4-7-11/h2-9,16H,10H2,1H3. The van der Waals surface area contributed by atoms with Crippen molar-refractivity contribution in [3.63, 3.8) is 0 Å². The van der Waals surface area contributed by atoms with Gasteiger partial charge in [0.25, 0.3) is 5.88 Å². The van der Waals surface area contributed by atoms with Gasteiger partial charge in [-0.05, 0) is 24.3 Å². The van der Waals surface area contributed by atoms with E-state index in [1.807, 2.05) is 30.3 Å². The SMILES string of the molecule is COC(=O)COc1ncccc1ONc1ccccc1. The molecule has 0 fully saturated rings. The molecular weight excluding hydrogens is 260 g/mol. The van der Waals surface area contributed by atoms with Gasteiger partial charge in [0.15, 0.2) is 6.61 Å². The summed E-state index contributed by atoms with van der Waals surface area (Å²) >= 11 is 0. The Kier molecular flexibility index (Phi) is 4.77. The third kappa shape index (κ3) is 3.88. The van der Waals surface area contributed by atoms with Gasteiger partial charge in [0.05, 0.1) is 12.8 Å². The van der Waals surface area contributed by atoms with E-state index >= 15 is 0 Å². The Morgan fingerprint density at radius 2 is 2.00 bits per heavy atom. The summed E-state index contributed by atoms with van der Waals surface area (Å²) in [4.78, 5) is 20.4. The number of carbonyl (C=O) groups is 1. The number of para-hydroxylation sites is 1. The van der Waals surface area contributed by atoms with E-state index in [9.17, 15) is 4.79 Å². The lowest BCUT2D eigenvalue weighted by molar-refractivity contribution is -0.143. The Balaban J connectivity index is 1.98. The molecule has 0 bridgehead atoms. The molecule has 20 heavy (non-hydrogen) atoms. The number of pyridine rings is 1. The first-order valence-corrected chi connectivity index (χ1v) is 5.92. The van der Waals surface area contributed by atoms with Crippen LogP contribution in [0.3, 0.4) is 0 Å². The van der Waals surface area contributed by atoms with E-state index in [1.54, 1.807) is 18.3 Å². The minimum Gasteiger partial charge on any atom is -0.466 e. The van der Waals surface area contributed by atoms with Crippen molar-refractivity contribution in [3.05, 3.63) is 48.7 Å². The van der Waals surface area contributed by atoms with Crippen molar-refractivity contribution in [1.29, 1.82) is 0 Å². The Hall–Kier alpha value is -2.76. The largest absolute Gasteiger partial charge is 0.466 e. The van der Waals surface area contributed by atoms with Crippen LogP contribution in [-0.4, -0.2) is 24.7 Å². The molecular formula is C14H14N2O4. The second-order valence-corrected chi connectivity index (χ2v) is 3.74. The summed E-state index contributed by atoms with van der Waals surface area (Å²) in [6.07, 6.45) is 1.54. The minimum atomic E-state index is -0.488. The van der Waals surface area contributed by atoms with Crippen molar-refractivity contribution in [3.8, 4) is 11.6 Å². The number of anilines is 1. The molecule has 2 aromatic rings. The first kappa shape index (κ1) is 13.7. The van der Waals surface area contributed by atoms with Gasteiger partial charge >= 0.3 is 5.97 Å². The highest BCUT2D eigenvalue weighted by atomic mass is 16.7. The van der Waals surface area contributed by atoms with Crippen molar-refractivity contribution < 1.29 is 19.1 Å². The van der Waals surface area contributed by atoms with Gasteiger partial charge < -0.3 is 14.3 Å². The van der Waals surface area contributed by atoms with Crippen molar-refractivity contribution in [1.82, 2.24) is 4.98 Å². The van der Waals surface area contributed by atoms with Gasteiger partial charge in [0.1, 0.15) is 0 Å². The van der Waals surface area contributed by atoms with Crippen LogP contribution in [0.25, 0.3) is 0 Å². The molecule has 2 rings (SSSR count). The molecule has 0 aliphatic carbocycles. The third-order valence-corrected chi connectivity index (χ3v) is 2.34. The lowest BCUT2D eigenvalue weighted by Crippen LogP contribution is -2.14. The maximum atomic E-state index is 11.0. The number of aromatic nitrogens is 1. The second kappa shape index (κ2) is 6.98. The number of ether oxygens (including phenoxy) is 2. The zero-order chi connectivity index (χ0) is 14.2. The maximum Gasteiger partial charge on any atom is 0.343 e. The van der Waals surface area contributed by atoms with Crippen LogP contribution < -0.4 is 15.1 Å². The van der Waals surface area contributed by atoms with Gasteiger partial charge in [-0.25, -0.2) is 15.3 Å². The Labute approximate surface area is 116 Å². The molecule has 6 heteroatoms. The number of rotatable bonds is 6. The Morgan fingerprint density at radius 1 is 1.20 bits per heavy atom. The van der Waals surface area contributed by atoms with Gasteiger partial charge in [0.2, 0.25) is 5.75 Å². The molecule has 0 unspecified atom stereocenters. The van der Waals surface area contributed by atoms with Crippen LogP contribution in [0.5, 0.6) is 11.6 Å². The summed E-state index contributed by atoms with van der Waals surface area (Å²) in [5.74, 6) is 0.0965. The lowest BCUT2D eigenvalue weighted by Gasteiger charge is -2.11. The summed E-state index contributed by atoms with van der Waals surface area (Å²) in [6, 6.07) is 12.7. The van der Waals surface area contributed by atoms with Crippen LogP contribution in [0, 0.1) is 0 Å². The van der Waals surface area contributed by atoms with E-state index in [0.29, 0.717) is 5.75 Å². The average molecular weight is 274 g/mol. The molecule has 0 saturated carbocycles. The van der Waals surface area contributed by atoms with Crippen LogP contribution >= 0.6 is 0 Å². The number of carbonyl (C=O) groups excluding carboxylic acids is 1. The smallest absolute Gasteiger partial charge is 0.343 e. The van der Waals surface area contributed by atoms with Crippen molar-refractivity contribution >= 4 is 11.7 Å². The van der Waals surface area contributed by atoms with E-state index in [1.165, 1.54) is 7.11 Å². The number of methoxy groups -OCH3 is 1. The Morgan fingerprint density at radius 3 is 2.75 bits per heavy atom. The van der Waals surface area contributed by atoms with Crippen LogP contribution in [0.4, 0.5) is 5.69 Å². The summed E-state index contributed by atoms with van der Waals surface area (Å²) in [6.45, 7) is -0.227. The fourth-order valence-corrected chi connectivity index (χ4v) is 1.37. The average Bonchev–Trinajstić information content (AvgIpc) is 2.52. The van der Waals surface area contributed by atoms with Crippen LogP contribution in [-0.2, 0) is 9.53 Å². The second-order valence-electron chi connectivity index (χ2n) is 3.74. The predicted molar refractivity (Wildman–Crippen MR) is 72.4 cm³/mol. The van der Waals surface area contributed by atoms with Crippen molar-refractivity contribution in [2.24, 2.45) is 0 Å². The topological polar surface area (TPSA) is 69.7 Å². The fraction of sp³-hybridized carbons (Fsp3) is 0.143. The van der Waals surface area contributed by atoms with E-state index in [-0.39, 0.29) is 12.5 Å². The molecule has 1 N–H and O–H groups in total. The van der Waals surface area contributed by atoms with Gasteiger partial charge in [-0.1, -0.05) is 18.2 Å². The maximum absolute atomic E-state index is 11.0. The predicted octanol–water partition coefficient (Wildman–Crippen LogP) is 2.04. The van der Waals surface area contributed by atoms with Gasteiger partial charge in [0, 0.05) is 6.20 Å². The van der Waals surface area contributed by atoms with Crippen molar-refractivity contribution in [2.75, 3.05) is 19.2 Å².